The third kappa shape index (κ3) is 6.02. The van der Waals surface area contributed by atoms with Crippen LogP contribution in [0.5, 0.6) is 0 Å². The third-order valence-electron chi connectivity index (χ3n) is 7.93. The molecule has 0 saturated heterocycles. The molecule has 43 heavy (non-hydrogen) atoms. The second-order valence-electron chi connectivity index (χ2n) is 10.7. The van der Waals surface area contributed by atoms with Crippen molar-refractivity contribution < 1.29 is 0 Å². The van der Waals surface area contributed by atoms with Gasteiger partial charge in [-0.05, 0) is 79.9 Å². The molecule has 0 atom stereocenters. The van der Waals surface area contributed by atoms with Crippen molar-refractivity contribution in [2.75, 3.05) is 5.32 Å². The van der Waals surface area contributed by atoms with E-state index in [1.54, 1.807) is 0 Å². The summed E-state index contributed by atoms with van der Waals surface area (Å²) in [5.41, 5.74) is 14.4. The van der Waals surface area contributed by atoms with Crippen molar-refractivity contribution >= 4 is 11.4 Å². The van der Waals surface area contributed by atoms with E-state index in [2.05, 4.69) is 181 Å². The molecule has 1 heteroatoms. The van der Waals surface area contributed by atoms with Gasteiger partial charge in [-0.2, -0.15) is 0 Å². The Kier molecular flexibility index (Phi) is 7.36. The first-order chi connectivity index (χ1) is 21.3. The summed E-state index contributed by atoms with van der Waals surface area (Å²) in [5, 5.41) is 3.54. The van der Waals surface area contributed by atoms with Crippen molar-refractivity contribution in [1.82, 2.24) is 0 Å². The maximum Gasteiger partial charge on any atom is 0.0384 e. The number of hydrogen-bond acceptors (Lipinski definition) is 1. The van der Waals surface area contributed by atoms with Crippen LogP contribution in [0.25, 0.3) is 55.6 Å². The summed E-state index contributed by atoms with van der Waals surface area (Å²) in [7, 11) is 0. The van der Waals surface area contributed by atoms with Crippen LogP contribution in [0, 0.1) is 0 Å². The van der Waals surface area contributed by atoms with E-state index < -0.39 is 0 Å². The fourth-order valence-corrected chi connectivity index (χ4v) is 5.49. The Bertz CT molecular complexity index is 1900. The van der Waals surface area contributed by atoms with Crippen LogP contribution in [0.15, 0.2) is 182 Å². The van der Waals surface area contributed by atoms with Crippen LogP contribution in [0.4, 0.5) is 11.4 Å². The van der Waals surface area contributed by atoms with Gasteiger partial charge in [0.05, 0.1) is 0 Å². The summed E-state index contributed by atoms with van der Waals surface area (Å²) >= 11 is 0. The van der Waals surface area contributed by atoms with Gasteiger partial charge in [0.1, 0.15) is 0 Å². The molecule has 0 aliphatic rings. The van der Waals surface area contributed by atoms with Crippen LogP contribution in [0.2, 0.25) is 0 Å². The van der Waals surface area contributed by atoms with E-state index in [1.807, 2.05) is 6.07 Å². The molecule has 7 aromatic carbocycles. The Morgan fingerprint density at radius 1 is 0.186 bits per heavy atom. The molecular formula is C42H31N. The van der Waals surface area contributed by atoms with Crippen molar-refractivity contribution in [3.8, 4) is 55.6 Å². The maximum atomic E-state index is 3.54. The standard InChI is InChI=1S/C42H31N/c1-3-7-31(8-4-1)33-11-15-35(16-12-33)36-19-21-38(22-20-36)40-25-29-42(30-26-40)43-41-27-23-39(24-28-41)37-17-13-34(14-18-37)32-9-5-2-6-10-32/h1-30,43H. The van der Waals surface area contributed by atoms with Gasteiger partial charge < -0.3 is 5.32 Å². The smallest absolute Gasteiger partial charge is 0.0384 e. The monoisotopic (exact) mass is 549 g/mol. The molecule has 0 unspecified atom stereocenters. The zero-order chi connectivity index (χ0) is 28.8. The Morgan fingerprint density at radius 2 is 0.372 bits per heavy atom. The molecule has 0 heterocycles. The number of nitrogens with one attached hydrogen (secondary N) is 1. The molecule has 1 N–H and O–H groups in total. The van der Waals surface area contributed by atoms with Crippen molar-refractivity contribution in [2.24, 2.45) is 0 Å². The van der Waals surface area contributed by atoms with Gasteiger partial charge >= 0.3 is 0 Å². The summed E-state index contributed by atoms with van der Waals surface area (Å²) in [4.78, 5) is 0. The molecule has 0 fully saturated rings. The second-order valence-corrected chi connectivity index (χ2v) is 10.7. The Morgan fingerprint density at radius 3 is 0.605 bits per heavy atom. The predicted molar refractivity (Wildman–Crippen MR) is 183 cm³/mol. The average molecular weight is 550 g/mol. The van der Waals surface area contributed by atoms with Gasteiger partial charge in [0, 0.05) is 11.4 Å². The molecule has 0 bridgehead atoms. The lowest BCUT2D eigenvalue weighted by molar-refractivity contribution is 1.53. The molecule has 1 nitrogen and oxygen atoms in total. The van der Waals surface area contributed by atoms with Gasteiger partial charge in [-0.15, -0.1) is 0 Å². The molecular weight excluding hydrogens is 518 g/mol. The van der Waals surface area contributed by atoms with Gasteiger partial charge in [0.25, 0.3) is 0 Å². The molecule has 204 valence electrons. The van der Waals surface area contributed by atoms with E-state index in [1.165, 1.54) is 55.6 Å². The first-order valence-corrected chi connectivity index (χ1v) is 14.7. The molecule has 0 saturated carbocycles. The lowest BCUT2D eigenvalue weighted by atomic mass is 9.98. The largest absolute Gasteiger partial charge is 0.356 e. The van der Waals surface area contributed by atoms with E-state index >= 15 is 0 Å². The SMILES string of the molecule is c1ccc(-c2ccc(-c3ccc(Nc4ccc(-c5ccc(-c6ccc(-c7ccccc7)cc6)cc5)cc4)cc3)cc2)cc1. The van der Waals surface area contributed by atoms with Crippen LogP contribution in [0.3, 0.4) is 0 Å². The number of anilines is 2. The second kappa shape index (κ2) is 12.1. The van der Waals surface area contributed by atoms with E-state index in [0.717, 1.165) is 11.4 Å². The summed E-state index contributed by atoms with van der Waals surface area (Å²) in [6.07, 6.45) is 0. The minimum absolute atomic E-state index is 1.07. The highest BCUT2D eigenvalue weighted by Gasteiger charge is 2.04. The molecule has 7 rings (SSSR count). The van der Waals surface area contributed by atoms with Crippen molar-refractivity contribution in [1.29, 1.82) is 0 Å². The Hall–Kier alpha value is -5.66. The molecule has 0 spiro atoms. The van der Waals surface area contributed by atoms with E-state index in [4.69, 9.17) is 0 Å². The topological polar surface area (TPSA) is 12.0 Å². The van der Waals surface area contributed by atoms with Crippen LogP contribution >= 0.6 is 0 Å². The molecule has 0 aliphatic carbocycles. The van der Waals surface area contributed by atoms with Crippen molar-refractivity contribution in [3.63, 3.8) is 0 Å². The summed E-state index contributed by atoms with van der Waals surface area (Å²) in [6.45, 7) is 0. The van der Waals surface area contributed by atoms with Gasteiger partial charge in [-0.3, -0.25) is 0 Å². The average Bonchev–Trinajstić information content (AvgIpc) is 3.10. The number of hydrogen-bond donors (Lipinski definition) is 1. The minimum atomic E-state index is 1.07. The van der Waals surface area contributed by atoms with Gasteiger partial charge in [-0.1, -0.05) is 158 Å². The van der Waals surface area contributed by atoms with Crippen LogP contribution in [0.1, 0.15) is 0 Å². The van der Waals surface area contributed by atoms with Crippen LogP contribution in [-0.2, 0) is 0 Å². The molecule has 0 radical (unpaired) electrons. The number of rotatable bonds is 7. The minimum Gasteiger partial charge on any atom is -0.356 e. The number of benzene rings is 7. The van der Waals surface area contributed by atoms with Gasteiger partial charge in [0.2, 0.25) is 0 Å². The van der Waals surface area contributed by atoms with Gasteiger partial charge in [-0.25, -0.2) is 0 Å². The Labute approximate surface area is 253 Å². The predicted octanol–water partition coefficient (Wildman–Crippen LogP) is 11.8. The van der Waals surface area contributed by atoms with Crippen LogP contribution < -0.4 is 5.32 Å². The Balaban J connectivity index is 0.988. The lowest BCUT2D eigenvalue weighted by Crippen LogP contribution is -1.90. The van der Waals surface area contributed by atoms with Crippen molar-refractivity contribution in [2.45, 2.75) is 0 Å². The van der Waals surface area contributed by atoms with E-state index in [9.17, 15) is 0 Å². The van der Waals surface area contributed by atoms with E-state index in [0.29, 0.717) is 0 Å². The van der Waals surface area contributed by atoms with Crippen LogP contribution in [-0.4, -0.2) is 0 Å². The highest BCUT2D eigenvalue weighted by atomic mass is 14.9. The quantitative estimate of drug-likeness (QED) is 0.208. The summed E-state index contributed by atoms with van der Waals surface area (Å²) < 4.78 is 0. The molecule has 7 aromatic rings. The zero-order valence-corrected chi connectivity index (χ0v) is 23.8. The highest BCUT2D eigenvalue weighted by molar-refractivity contribution is 5.75. The van der Waals surface area contributed by atoms with Crippen molar-refractivity contribution in [3.05, 3.63) is 182 Å². The summed E-state index contributed by atoms with van der Waals surface area (Å²) in [6, 6.07) is 64.6. The zero-order valence-electron chi connectivity index (χ0n) is 23.8. The van der Waals surface area contributed by atoms with E-state index in [-0.39, 0.29) is 0 Å². The molecule has 0 aromatic heterocycles. The third-order valence-corrected chi connectivity index (χ3v) is 7.93. The fourth-order valence-electron chi connectivity index (χ4n) is 5.49. The highest BCUT2D eigenvalue weighted by Crippen LogP contribution is 2.30. The normalized spacial score (nSPS) is 10.8. The molecule has 0 amide bonds. The lowest BCUT2D eigenvalue weighted by Gasteiger charge is -2.10. The summed E-state index contributed by atoms with van der Waals surface area (Å²) in [5.74, 6) is 0. The first kappa shape index (κ1) is 26.3. The first-order valence-electron chi connectivity index (χ1n) is 14.7. The molecule has 0 aliphatic heterocycles. The van der Waals surface area contributed by atoms with Gasteiger partial charge in [0.15, 0.2) is 0 Å². The fraction of sp³-hybridized carbons (Fsp3) is 0. The maximum absolute atomic E-state index is 3.54.